The molecule has 0 radical (unpaired) electrons. The van der Waals surface area contributed by atoms with Crippen molar-refractivity contribution in [2.24, 2.45) is 16.5 Å². The van der Waals surface area contributed by atoms with E-state index in [0.29, 0.717) is 37.9 Å². The first-order chi connectivity index (χ1) is 10.2. The van der Waals surface area contributed by atoms with E-state index in [1.807, 2.05) is 0 Å². The molecule has 1 spiro atoms. The number of sulfonamides is 1. The highest BCUT2D eigenvalue weighted by Crippen LogP contribution is 2.59. The number of nitrogens with zero attached hydrogens (tertiary/aromatic N) is 1. The Morgan fingerprint density at radius 3 is 2.45 bits per heavy atom. The van der Waals surface area contributed by atoms with Crippen molar-refractivity contribution < 1.29 is 23.1 Å². The van der Waals surface area contributed by atoms with E-state index in [1.54, 1.807) is 4.90 Å². The molecule has 3 N–H and O–H groups in total. The zero-order valence-corrected chi connectivity index (χ0v) is 13.3. The topological polar surface area (TPSA) is 118 Å². The normalized spacial score (nSPS) is 23.5. The molecular weight excluding hydrogens is 328 g/mol. The fourth-order valence-corrected chi connectivity index (χ4v) is 4.74. The van der Waals surface area contributed by atoms with Crippen LogP contribution in [0.3, 0.4) is 0 Å². The predicted octanol–water partition coefficient (Wildman–Crippen LogP) is 0.722. The van der Waals surface area contributed by atoms with Gasteiger partial charge >= 0.3 is 5.97 Å². The van der Waals surface area contributed by atoms with Gasteiger partial charge in [-0.15, -0.1) is 11.3 Å². The van der Waals surface area contributed by atoms with Gasteiger partial charge < -0.3 is 10.0 Å². The molecule has 1 aliphatic carbocycles. The summed E-state index contributed by atoms with van der Waals surface area (Å²) in [6.45, 7) is 1.01. The maximum atomic E-state index is 12.4. The first-order valence-corrected chi connectivity index (χ1v) is 9.29. The number of carboxylic acids is 1. The van der Waals surface area contributed by atoms with Gasteiger partial charge in [-0.3, -0.25) is 9.59 Å². The Hall–Kier alpha value is -1.45. The SMILES string of the molecule is NS(=O)(=O)c1cc(C(=O)N2CCC3(CC2)C[C@H]3C(=O)O)cs1. The third kappa shape index (κ3) is 2.64. The molecule has 2 fully saturated rings. The largest absolute Gasteiger partial charge is 0.481 e. The number of hydrogen-bond acceptors (Lipinski definition) is 5. The van der Waals surface area contributed by atoms with Crippen LogP contribution in [0.4, 0.5) is 0 Å². The van der Waals surface area contributed by atoms with Crippen molar-refractivity contribution in [2.45, 2.75) is 23.5 Å². The van der Waals surface area contributed by atoms with Gasteiger partial charge in [-0.25, -0.2) is 13.6 Å². The number of carbonyl (C=O) groups is 2. The van der Waals surface area contributed by atoms with Crippen molar-refractivity contribution in [3.8, 4) is 0 Å². The summed E-state index contributed by atoms with van der Waals surface area (Å²) in [4.78, 5) is 25.0. The standard InChI is InChI=1S/C13H16N2O5S2/c14-22(19,20)10-5-8(7-21-10)11(16)15-3-1-13(2-4-15)6-9(13)12(17)18/h5,7,9H,1-4,6H2,(H,17,18)(H2,14,19,20)/t9-/m0/s1. The van der Waals surface area contributed by atoms with E-state index >= 15 is 0 Å². The van der Waals surface area contributed by atoms with Gasteiger partial charge in [-0.05, 0) is 30.7 Å². The molecular formula is C13H16N2O5S2. The van der Waals surface area contributed by atoms with Gasteiger partial charge in [-0.1, -0.05) is 0 Å². The van der Waals surface area contributed by atoms with Crippen molar-refractivity contribution in [3.63, 3.8) is 0 Å². The van der Waals surface area contributed by atoms with Gasteiger partial charge in [0, 0.05) is 18.5 Å². The molecule has 7 nitrogen and oxygen atoms in total. The molecule has 1 aromatic heterocycles. The lowest BCUT2D eigenvalue weighted by Gasteiger charge is -2.32. The zero-order chi connectivity index (χ0) is 16.1. The van der Waals surface area contributed by atoms with E-state index in [0.717, 1.165) is 11.3 Å². The van der Waals surface area contributed by atoms with Crippen molar-refractivity contribution >= 4 is 33.2 Å². The van der Waals surface area contributed by atoms with Gasteiger partial charge in [0.1, 0.15) is 4.21 Å². The summed E-state index contributed by atoms with van der Waals surface area (Å²) in [7, 11) is -3.79. The molecule has 9 heteroatoms. The van der Waals surface area contributed by atoms with Crippen LogP contribution in [0.1, 0.15) is 29.6 Å². The lowest BCUT2D eigenvalue weighted by atomic mass is 9.90. The second kappa shape index (κ2) is 5.04. The van der Waals surface area contributed by atoms with E-state index < -0.39 is 16.0 Å². The molecule has 22 heavy (non-hydrogen) atoms. The minimum absolute atomic E-state index is 0.0301. The highest BCUT2D eigenvalue weighted by Gasteiger charge is 2.59. The quantitative estimate of drug-likeness (QED) is 0.838. The first kappa shape index (κ1) is 15.4. The van der Waals surface area contributed by atoms with Crippen LogP contribution in [0.25, 0.3) is 0 Å². The second-order valence-corrected chi connectivity index (χ2v) is 8.65. The second-order valence-electron chi connectivity index (χ2n) is 5.95. The van der Waals surface area contributed by atoms with E-state index in [9.17, 15) is 18.0 Å². The molecule has 1 saturated heterocycles. The average molecular weight is 344 g/mol. The highest BCUT2D eigenvalue weighted by atomic mass is 32.2. The van der Waals surface area contributed by atoms with Gasteiger partial charge in [-0.2, -0.15) is 0 Å². The number of rotatable bonds is 3. The van der Waals surface area contributed by atoms with Crippen molar-refractivity contribution in [1.29, 1.82) is 0 Å². The Morgan fingerprint density at radius 1 is 1.36 bits per heavy atom. The van der Waals surface area contributed by atoms with E-state index in [1.165, 1.54) is 11.4 Å². The smallest absolute Gasteiger partial charge is 0.307 e. The fraction of sp³-hybridized carbons (Fsp3) is 0.538. The molecule has 2 heterocycles. The molecule has 1 atom stereocenters. The van der Waals surface area contributed by atoms with E-state index in [2.05, 4.69) is 0 Å². The molecule has 1 saturated carbocycles. The minimum atomic E-state index is -3.79. The monoisotopic (exact) mass is 344 g/mol. The number of piperidine rings is 1. The summed E-state index contributed by atoms with van der Waals surface area (Å²) in [5.74, 6) is -1.26. The van der Waals surface area contributed by atoms with Crippen LogP contribution >= 0.6 is 11.3 Å². The zero-order valence-electron chi connectivity index (χ0n) is 11.7. The van der Waals surface area contributed by atoms with Crippen LogP contribution in [-0.4, -0.2) is 43.4 Å². The Bertz CT molecular complexity index is 731. The minimum Gasteiger partial charge on any atom is -0.481 e. The molecule has 1 aromatic rings. The molecule has 1 aliphatic heterocycles. The third-order valence-corrected chi connectivity index (χ3v) is 7.02. The number of likely N-dealkylation sites (tertiary alicyclic amines) is 1. The van der Waals surface area contributed by atoms with Crippen LogP contribution in [0.15, 0.2) is 15.7 Å². The Morgan fingerprint density at radius 2 is 2.00 bits per heavy atom. The average Bonchev–Trinajstić information content (AvgIpc) is 2.93. The Labute approximate surface area is 131 Å². The van der Waals surface area contributed by atoms with Gasteiger partial charge in [0.05, 0.1) is 11.5 Å². The summed E-state index contributed by atoms with van der Waals surface area (Å²) >= 11 is 0.927. The number of thiophene rings is 1. The summed E-state index contributed by atoms with van der Waals surface area (Å²) in [5, 5.41) is 15.6. The predicted molar refractivity (Wildman–Crippen MR) is 79.0 cm³/mol. The van der Waals surface area contributed by atoms with Gasteiger partial charge in [0.2, 0.25) is 10.0 Å². The van der Waals surface area contributed by atoms with Gasteiger partial charge in [0.15, 0.2) is 0 Å². The van der Waals surface area contributed by atoms with Crippen LogP contribution in [0.2, 0.25) is 0 Å². The van der Waals surface area contributed by atoms with Crippen molar-refractivity contribution in [2.75, 3.05) is 13.1 Å². The number of carbonyl (C=O) groups excluding carboxylic acids is 1. The lowest BCUT2D eigenvalue weighted by Crippen LogP contribution is -2.39. The number of carboxylic acid groups (broad SMARTS) is 1. The number of aliphatic carboxylic acids is 1. The lowest BCUT2D eigenvalue weighted by molar-refractivity contribution is -0.139. The maximum absolute atomic E-state index is 12.4. The van der Waals surface area contributed by atoms with Crippen LogP contribution in [-0.2, 0) is 14.8 Å². The Kier molecular flexibility index (Phi) is 3.54. The van der Waals surface area contributed by atoms with Crippen molar-refractivity contribution in [1.82, 2.24) is 4.90 Å². The summed E-state index contributed by atoms with van der Waals surface area (Å²) < 4.78 is 22.5. The highest BCUT2D eigenvalue weighted by molar-refractivity contribution is 7.91. The van der Waals surface area contributed by atoms with Crippen LogP contribution in [0, 0.1) is 11.3 Å². The summed E-state index contributed by atoms with van der Waals surface area (Å²) in [6.07, 6.45) is 2.06. The van der Waals surface area contributed by atoms with Crippen LogP contribution in [0.5, 0.6) is 0 Å². The fourth-order valence-electron chi connectivity index (χ4n) is 3.17. The molecule has 120 valence electrons. The molecule has 0 unspecified atom stereocenters. The summed E-state index contributed by atoms with van der Waals surface area (Å²) in [6, 6.07) is 1.30. The van der Waals surface area contributed by atoms with E-state index in [4.69, 9.17) is 10.2 Å². The molecule has 1 amide bonds. The number of primary sulfonamides is 1. The van der Waals surface area contributed by atoms with E-state index in [-0.39, 0.29) is 21.4 Å². The Balaban J connectivity index is 1.66. The molecule has 2 aliphatic rings. The first-order valence-electron chi connectivity index (χ1n) is 6.86. The number of hydrogen-bond donors (Lipinski definition) is 2. The molecule has 0 aromatic carbocycles. The third-order valence-electron chi connectivity index (χ3n) is 4.64. The number of nitrogens with two attached hydrogens (primary N) is 1. The van der Waals surface area contributed by atoms with Gasteiger partial charge in [0.25, 0.3) is 5.91 Å². The molecule has 0 bridgehead atoms. The van der Waals surface area contributed by atoms with Crippen LogP contribution < -0.4 is 5.14 Å². The maximum Gasteiger partial charge on any atom is 0.307 e. The summed E-state index contributed by atoms with van der Waals surface area (Å²) in [5.41, 5.74) is 0.179. The number of amides is 1. The molecule has 3 rings (SSSR count). The van der Waals surface area contributed by atoms with Crippen molar-refractivity contribution in [3.05, 3.63) is 17.0 Å².